The molecular formula is C17H23NO3. The Hall–Kier alpha value is -1.65. The SMILES string of the molecule is CCOC(=O)CC1CC=CCN1[C@H](CO)c1ccccc1. The summed E-state index contributed by atoms with van der Waals surface area (Å²) in [5, 5.41) is 9.81. The summed E-state index contributed by atoms with van der Waals surface area (Å²) in [5.74, 6) is -0.174. The molecule has 1 N–H and O–H groups in total. The van der Waals surface area contributed by atoms with Gasteiger partial charge >= 0.3 is 5.97 Å². The fourth-order valence-electron chi connectivity index (χ4n) is 2.81. The molecule has 4 nitrogen and oxygen atoms in total. The van der Waals surface area contributed by atoms with Crippen LogP contribution in [0.5, 0.6) is 0 Å². The van der Waals surface area contributed by atoms with E-state index < -0.39 is 0 Å². The van der Waals surface area contributed by atoms with Gasteiger partial charge in [0, 0.05) is 12.6 Å². The molecule has 1 aliphatic rings. The Morgan fingerprint density at radius 2 is 2.14 bits per heavy atom. The molecule has 21 heavy (non-hydrogen) atoms. The van der Waals surface area contributed by atoms with Gasteiger partial charge in [0.05, 0.1) is 25.7 Å². The van der Waals surface area contributed by atoms with E-state index >= 15 is 0 Å². The van der Waals surface area contributed by atoms with Gasteiger partial charge in [-0.2, -0.15) is 0 Å². The van der Waals surface area contributed by atoms with E-state index in [1.54, 1.807) is 0 Å². The van der Waals surface area contributed by atoms with E-state index in [1.807, 2.05) is 37.3 Å². The summed E-state index contributed by atoms with van der Waals surface area (Å²) in [6.45, 7) is 3.00. The number of rotatable bonds is 6. The first-order valence-corrected chi connectivity index (χ1v) is 7.48. The lowest BCUT2D eigenvalue weighted by atomic mass is 9.98. The number of nitrogens with zero attached hydrogens (tertiary/aromatic N) is 1. The zero-order valence-corrected chi connectivity index (χ0v) is 12.4. The number of ether oxygens (including phenoxy) is 1. The summed E-state index contributed by atoms with van der Waals surface area (Å²) in [6, 6.07) is 9.92. The second kappa shape index (κ2) is 7.96. The zero-order valence-electron chi connectivity index (χ0n) is 12.4. The van der Waals surface area contributed by atoms with Crippen molar-refractivity contribution in [3.63, 3.8) is 0 Å². The molecule has 2 rings (SSSR count). The Kier molecular flexibility index (Phi) is 5.96. The lowest BCUT2D eigenvalue weighted by molar-refractivity contribution is -0.144. The standard InChI is InChI=1S/C17H23NO3/c1-2-21-17(20)12-15-10-6-7-11-18(15)16(13-19)14-8-4-3-5-9-14/h3-9,15-16,19H,2,10-13H2,1H3/t15?,16-/m1/s1. The van der Waals surface area contributed by atoms with Crippen LogP contribution in [0.1, 0.15) is 31.4 Å². The van der Waals surface area contributed by atoms with Crippen LogP contribution >= 0.6 is 0 Å². The quantitative estimate of drug-likeness (QED) is 0.645. The smallest absolute Gasteiger partial charge is 0.307 e. The van der Waals surface area contributed by atoms with E-state index in [-0.39, 0.29) is 24.7 Å². The minimum absolute atomic E-state index is 0.0389. The molecule has 1 aromatic carbocycles. The second-order valence-corrected chi connectivity index (χ2v) is 5.18. The fourth-order valence-corrected chi connectivity index (χ4v) is 2.81. The highest BCUT2D eigenvalue weighted by atomic mass is 16.5. The molecular weight excluding hydrogens is 266 g/mol. The van der Waals surface area contributed by atoms with Crippen LogP contribution in [0, 0.1) is 0 Å². The van der Waals surface area contributed by atoms with E-state index in [9.17, 15) is 9.90 Å². The Morgan fingerprint density at radius 3 is 2.81 bits per heavy atom. The van der Waals surface area contributed by atoms with Crippen LogP contribution in [0.25, 0.3) is 0 Å². The lowest BCUT2D eigenvalue weighted by Crippen LogP contribution is -2.43. The topological polar surface area (TPSA) is 49.8 Å². The number of aliphatic hydroxyl groups excluding tert-OH is 1. The van der Waals surface area contributed by atoms with Crippen LogP contribution in [0.2, 0.25) is 0 Å². The number of esters is 1. The van der Waals surface area contributed by atoms with E-state index in [4.69, 9.17) is 4.74 Å². The van der Waals surface area contributed by atoms with Crippen molar-refractivity contribution in [3.05, 3.63) is 48.0 Å². The third-order valence-corrected chi connectivity index (χ3v) is 3.83. The molecule has 114 valence electrons. The molecule has 4 heteroatoms. The van der Waals surface area contributed by atoms with Gasteiger partial charge in [-0.05, 0) is 18.9 Å². The Balaban J connectivity index is 2.13. The maximum atomic E-state index is 11.8. The monoisotopic (exact) mass is 289 g/mol. The largest absolute Gasteiger partial charge is 0.466 e. The first-order chi connectivity index (χ1) is 10.3. The molecule has 0 amide bonds. The number of carbonyl (C=O) groups excluding carboxylic acids is 1. The molecule has 1 heterocycles. The summed E-state index contributed by atoms with van der Waals surface area (Å²) < 4.78 is 5.06. The lowest BCUT2D eigenvalue weighted by Gasteiger charge is -2.38. The van der Waals surface area contributed by atoms with Gasteiger partial charge in [-0.25, -0.2) is 0 Å². The average molecular weight is 289 g/mol. The fraction of sp³-hybridized carbons (Fsp3) is 0.471. The third-order valence-electron chi connectivity index (χ3n) is 3.83. The Labute approximate surface area is 126 Å². The highest BCUT2D eigenvalue weighted by Gasteiger charge is 2.29. The van der Waals surface area contributed by atoms with Crippen LogP contribution in [0.15, 0.2) is 42.5 Å². The molecule has 2 atom stereocenters. The molecule has 0 spiro atoms. The van der Waals surface area contributed by atoms with Gasteiger partial charge in [-0.15, -0.1) is 0 Å². The van der Waals surface area contributed by atoms with E-state index in [0.29, 0.717) is 13.0 Å². The predicted molar refractivity (Wildman–Crippen MR) is 81.8 cm³/mol. The summed E-state index contributed by atoms with van der Waals surface area (Å²) in [4.78, 5) is 14.0. The molecule has 0 aromatic heterocycles. The molecule has 0 saturated heterocycles. The summed E-state index contributed by atoms with van der Waals surface area (Å²) in [5.41, 5.74) is 1.07. The van der Waals surface area contributed by atoms with Crippen molar-refractivity contribution in [1.82, 2.24) is 4.90 Å². The summed E-state index contributed by atoms with van der Waals surface area (Å²) in [7, 11) is 0. The average Bonchev–Trinajstić information content (AvgIpc) is 2.51. The van der Waals surface area contributed by atoms with E-state index in [2.05, 4.69) is 17.1 Å². The van der Waals surface area contributed by atoms with Gasteiger partial charge in [0.15, 0.2) is 0 Å². The van der Waals surface area contributed by atoms with Gasteiger partial charge in [0.2, 0.25) is 0 Å². The highest BCUT2D eigenvalue weighted by Crippen LogP contribution is 2.27. The minimum atomic E-state index is -0.174. The van der Waals surface area contributed by atoms with Crippen molar-refractivity contribution in [3.8, 4) is 0 Å². The summed E-state index contributed by atoms with van der Waals surface area (Å²) in [6.07, 6.45) is 5.36. The number of hydrogen-bond acceptors (Lipinski definition) is 4. The zero-order chi connectivity index (χ0) is 15.1. The van der Waals surface area contributed by atoms with Crippen molar-refractivity contribution >= 4 is 5.97 Å². The molecule has 1 aromatic rings. The van der Waals surface area contributed by atoms with Gasteiger partial charge in [0.1, 0.15) is 0 Å². The number of carbonyl (C=O) groups is 1. The molecule has 0 aliphatic carbocycles. The molecule has 0 saturated carbocycles. The third kappa shape index (κ3) is 4.16. The maximum Gasteiger partial charge on any atom is 0.307 e. The van der Waals surface area contributed by atoms with Crippen LogP contribution in [-0.2, 0) is 9.53 Å². The van der Waals surface area contributed by atoms with Crippen molar-refractivity contribution in [2.75, 3.05) is 19.8 Å². The van der Waals surface area contributed by atoms with Gasteiger partial charge in [-0.1, -0.05) is 42.5 Å². The number of benzene rings is 1. The van der Waals surface area contributed by atoms with Gasteiger partial charge < -0.3 is 9.84 Å². The number of aliphatic hydroxyl groups is 1. The first kappa shape index (κ1) is 15.7. The Bertz CT molecular complexity index is 472. The number of hydrogen-bond donors (Lipinski definition) is 1. The van der Waals surface area contributed by atoms with E-state index in [0.717, 1.165) is 18.5 Å². The van der Waals surface area contributed by atoms with Crippen molar-refractivity contribution < 1.29 is 14.6 Å². The van der Waals surface area contributed by atoms with Gasteiger partial charge in [0.25, 0.3) is 0 Å². The molecule has 0 bridgehead atoms. The van der Waals surface area contributed by atoms with Crippen LogP contribution in [0.4, 0.5) is 0 Å². The van der Waals surface area contributed by atoms with E-state index in [1.165, 1.54) is 0 Å². The normalized spacial score (nSPS) is 20.2. The van der Waals surface area contributed by atoms with Crippen molar-refractivity contribution in [1.29, 1.82) is 0 Å². The molecule has 1 aliphatic heterocycles. The minimum Gasteiger partial charge on any atom is -0.466 e. The Morgan fingerprint density at radius 1 is 1.38 bits per heavy atom. The van der Waals surface area contributed by atoms with Crippen molar-refractivity contribution in [2.24, 2.45) is 0 Å². The first-order valence-electron chi connectivity index (χ1n) is 7.48. The van der Waals surface area contributed by atoms with Crippen molar-refractivity contribution in [2.45, 2.75) is 31.8 Å². The summed E-state index contributed by atoms with van der Waals surface area (Å²) >= 11 is 0. The highest BCUT2D eigenvalue weighted by molar-refractivity contribution is 5.70. The molecule has 0 fully saturated rings. The van der Waals surface area contributed by atoms with Crippen LogP contribution in [0.3, 0.4) is 0 Å². The predicted octanol–water partition coefficient (Wildman–Crippen LogP) is 2.30. The van der Waals surface area contributed by atoms with Gasteiger partial charge in [-0.3, -0.25) is 9.69 Å². The second-order valence-electron chi connectivity index (χ2n) is 5.18. The van der Waals surface area contributed by atoms with Crippen LogP contribution in [-0.4, -0.2) is 41.8 Å². The maximum absolute atomic E-state index is 11.8. The molecule has 1 unspecified atom stereocenters. The molecule has 0 radical (unpaired) electrons. The van der Waals surface area contributed by atoms with Crippen LogP contribution < -0.4 is 0 Å².